The van der Waals surface area contributed by atoms with E-state index in [9.17, 15) is 13.2 Å². The topological polar surface area (TPSA) is 75.6 Å². The van der Waals surface area contributed by atoms with Gasteiger partial charge in [-0.15, -0.1) is 0 Å². The van der Waals surface area contributed by atoms with E-state index in [1.807, 2.05) is 12.1 Å². The molecule has 154 valence electrons. The van der Waals surface area contributed by atoms with E-state index in [1.54, 1.807) is 36.9 Å². The number of nitrogens with zero attached hydrogens (tertiary/aromatic N) is 4. The highest BCUT2D eigenvalue weighted by molar-refractivity contribution is 5.95. The lowest BCUT2D eigenvalue weighted by atomic mass is 10.0. The van der Waals surface area contributed by atoms with Crippen molar-refractivity contribution in [1.82, 2.24) is 19.9 Å². The lowest BCUT2D eigenvalue weighted by Crippen LogP contribution is -2.12. The smallest absolute Gasteiger partial charge is 0.350 e. The van der Waals surface area contributed by atoms with Crippen molar-refractivity contribution in [2.75, 3.05) is 10.6 Å². The molecule has 0 aliphatic carbocycles. The van der Waals surface area contributed by atoms with E-state index >= 15 is 0 Å². The van der Waals surface area contributed by atoms with E-state index in [4.69, 9.17) is 0 Å². The van der Waals surface area contributed by atoms with Crippen LogP contribution in [0.15, 0.2) is 67.3 Å². The van der Waals surface area contributed by atoms with Crippen LogP contribution >= 0.6 is 0 Å². The first kappa shape index (κ1) is 19.0. The van der Waals surface area contributed by atoms with Gasteiger partial charge in [-0.05, 0) is 29.8 Å². The SMILES string of the molecule is FC(F)(F)c1ccccc1CNc1ncc2c(n1)-c1cccnc1Nc1cnccc1-2. The lowest BCUT2D eigenvalue weighted by Gasteiger charge is -2.14. The molecular formula is C22H15F3N6. The van der Waals surface area contributed by atoms with Crippen LogP contribution < -0.4 is 10.6 Å². The van der Waals surface area contributed by atoms with Crippen LogP contribution in [0.4, 0.5) is 30.6 Å². The second kappa shape index (κ2) is 7.35. The number of alkyl halides is 3. The minimum atomic E-state index is -4.43. The minimum Gasteiger partial charge on any atom is -0.350 e. The number of nitrogens with one attached hydrogen (secondary N) is 2. The van der Waals surface area contributed by atoms with Gasteiger partial charge in [-0.3, -0.25) is 4.98 Å². The van der Waals surface area contributed by atoms with Gasteiger partial charge >= 0.3 is 6.18 Å². The number of hydrogen-bond donors (Lipinski definition) is 2. The Balaban J connectivity index is 1.54. The van der Waals surface area contributed by atoms with Crippen molar-refractivity contribution < 1.29 is 13.2 Å². The van der Waals surface area contributed by atoms with E-state index in [2.05, 4.69) is 30.6 Å². The fraction of sp³-hybridized carbons (Fsp3) is 0.0909. The van der Waals surface area contributed by atoms with Crippen LogP contribution in [0.1, 0.15) is 11.1 Å². The van der Waals surface area contributed by atoms with Crippen LogP contribution in [0, 0.1) is 0 Å². The van der Waals surface area contributed by atoms with Gasteiger partial charge in [0.15, 0.2) is 0 Å². The summed E-state index contributed by atoms with van der Waals surface area (Å²) in [6.45, 7) is -0.0624. The van der Waals surface area contributed by atoms with Crippen LogP contribution in [0.25, 0.3) is 22.4 Å². The van der Waals surface area contributed by atoms with Crippen LogP contribution in [-0.4, -0.2) is 19.9 Å². The summed E-state index contributed by atoms with van der Waals surface area (Å²) in [6.07, 6.45) is 2.27. The Kier molecular flexibility index (Phi) is 4.50. The maximum Gasteiger partial charge on any atom is 0.416 e. The van der Waals surface area contributed by atoms with Gasteiger partial charge < -0.3 is 10.6 Å². The van der Waals surface area contributed by atoms with Gasteiger partial charge in [0, 0.05) is 41.8 Å². The molecule has 9 heteroatoms. The average molecular weight is 420 g/mol. The molecule has 0 saturated heterocycles. The Morgan fingerprint density at radius 1 is 0.871 bits per heavy atom. The quantitative estimate of drug-likeness (QED) is 0.413. The summed E-state index contributed by atoms with van der Waals surface area (Å²) in [7, 11) is 0. The predicted molar refractivity (Wildman–Crippen MR) is 111 cm³/mol. The third kappa shape index (κ3) is 3.54. The molecule has 0 bridgehead atoms. The first-order valence-corrected chi connectivity index (χ1v) is 9.43. The van der Waals surface area contributed by atoms with Gasteiger partial charge in [-0.25, -0.2) is 15.0 Å². The third-order valence-electron chi connectivity index (χ3n) is 4.98. The molecule has 4 heterocycles. The Labute approximate surface area is 175 Å². The van der Waals surface area contributed by atoms with E-state index in [1.165, 1.54) is 12.1 Å². The molecular weight excluding hydrogens is 405 g/mol. The Morgan fingerprint density at radius 2 is 1.74 bits per heavy atom. The summed E-state index contributed by atoms with van der Waals surface area (Å²) < 4.78 is 39.8. The summed E-state index contributed by atoms with van der Waals surface area (Å²) in [5.41, 5.74) is 3.22. The highest BCUT2D eigenvalue weighted by atomic mass is 19.4. The van der Waals surface area contributed by atoms with Crippen molar-refractivity contribution in [3.05, 3.63) is 78.4 Å². The molecule has 31 heavy (non-hydrogen) atoms. The van der Waals surface area contributed by atoms with E-state index in [0.29, 0.717) is 11.5 Å². The zero-order chi connectivity index (χ0) is 21.4. The molecule has 0 radical (unpaired) electrons. The summed E-state index contributed by atoms with van der Waals surface area (Å²) in [5.74, 6) is 0.839. The largest absolute Gasteiger partial charge is 0.416 e. The van der Waals surface area contributed by atoms with Crippen molar-refractivity contribution in [3.8, 4) is 22.4 Å². The molecule has 3 aromatic heterocycles. The van der Waals surface area contributed by atoms with Gasteiger partial charge in [-0.1, -0.05) is 18.2 Å². The van der Waals surface area contributed by atoms with Crippen molar-refractivity contribution in [2.45, 2.75) is 12.7 Å². The number of benzene rings is 1. The number of pyridine rings is 2. The van der Waals surface area contributed by atoms with Crippen molar-refractivity contribution in [2.24, 2.45) is 0 Å². The first-order chi connectivity index (χ1) is 15.0. The number of hydrogen-bond acceptors (Lipinski definition) is 6. The second-order valence-corrected chi connectivity index (χ2v) is 6.91. The molecule has 1 aliphatic rings. The fourth-order valence-corrected chi connectivity index (χ4v) is 3.55. The summed E-state index contributed by atoms with van der Waals surface area (Å²) in [6, 6.07) is 11.0. The number of anilines is 3. The van der Waals surface area contributed by atoms with E-state index in [0.717, 1.165) is 28.4 Å². The fourth-order valence-electron chi connectivity index (χ4n) is 3.55. The zero-order valence-corrected chi connectivity index (χ0v) is 16.0. The van der Waals surface area contributed by atoms with Crippen LogP contribution in [-0.2, 0) is 12.7 Å². The number of rotatable bonds is 3. The highest BCUT2D eigenvalue weighted by Gasteiger charge is 2.32. The first-order valence-electron chi connectivity index (χ1n) is 9.43. The second-order valence-electron chi connectivity index (χ2n) is 6.91. The van der Waals surface area contributed by atoms with Crippen molar-refractivity contribution in [1.29, 1.82) is 0 Å². The predicted octanol–water partition coefficient (Wildman–Crippen LogP) is 5.29. The van der Waals surface area contributed by atoms with Gasteiger partial charge in [0.05, 0.1) is 23.1 Å². The standard InChI is InChI=1S/C22H15F3N6/c23-22(24,25)17-6-2-1-4-13(17)10-28-21-29-11-16-14-7-9-26-12-18(14)30-20-15(19(16)31-21)5-3-8-27-20/h1-9,11-12H,10H2,(H,27,30)(H,28,29,31). The minimum absolute atomic E-state index is 0.0624. The zero-order valence-electron chi connectivity index (χ0n) is 16.0. The molecule has 0 spiro atoms. The molecule has 1 aromatic carbocycles. The summed E-state index contributed by atoms with van der Waals surface area (Å²) in [4.78, 5) is 17.5. The normalized spacial score (nSPS) is 12.1. The Hall–Kier alpha value is -4.01. The van der Waals surface area contributed by atoms with Crippen molar-refractivity contribution >= 4 is 17.5 Å². The molecule has 0 saturated carbocycles. The Morgan fingerprint density at radius 3 is 2.61 bits per heavy atom. The molecule has 0 amide bonds. The maximum atomic E-state index is 13.3. The molecule has 0 fully saturated rings. The third-order valence-corrected chi connectivity index (χ3v) is 4.98. The summed E-state index contributed by atoms with van der Waals surface area (Å²) in [5, 5.41) is 6.19. The molecule has 4 aromatic rings. The molecule has 1 aliphatic heterocycles. The van der Waals surface area contributed by atoms with Crippen LogP contribution in [0.2, 0.25) is 0 Å². The molecule has 5 rings (SSSR count). The highest BCUT2D eigenvalue weighted by Crippen LogP contribution is 2.41. The lowest BCUT2D eigenvalue weighted by molar-refractivity contribution is -0.138. The van der Waals surface area contributed by atoms with Crippen LogP contribution in [0.5, 0.6) is 0 Å². The molecule has 0 atom stereocenters. The Bertz CT molecular complexity index is 1270. The van der Waals surface area contributed by atoms with Gasteiger partial charge in [0.25, 0.3) is 0 Å². The summed E-state index contributed by atoms with van der Waals surface area (Å²) >= 11 is 0. The van der Waals surface area contributed by atoms with Gasteiger partial charge in [0.2, 0.25) is 5.95 Å². The maximum absolute atomic E-state index is 13.3. The number of aromatic nitrogens is 4. The van der Waals surface area contributed by atoms with E-state index < -0.39 is 11.7 Å². The molecule has 6 nitrogen and oxygen atoms in total. The molecule has 2 N–H and O–H groups in total. The number of halogens is 3. The van der Waals surface area contributed by atoms with E-state index in [-0.39, 0.29) is 18.1 Å². The van der Waals surface area contributed by atoms with Gasteiger partial charge in [0.1, 0.15) is 5.82 Å². The number of fused-ring (bicyclic) bond motifs is 5. The molecule has 0 unspecified atom stereocenters. The van der Waals surface area contributed by atoms with Crippen LogP contribution in [0.3, 0.4) is 0 Å². The monoisotopic (exact) mass is 420 g/mol. The average Bonchev–Trinajstić information content (AvgIpc) is 2.91. The van der Waals surface area contributed by atoms with Gasteiger partial charge in [-0.2, -0.15) is 13.2 Å². The van der Waals surface area contributed by atoms with Crippen molar-refractivity contribution in [3.63, 3.8) is 0 Å².